The van der Waals surface area contributed by atoms with Crippen LogP contribution in [0.5, 0.6) is 17.6 Å². The third-order valence-corrected chi connectivity index (χ3v) is 19.6. The van der Waals surface area contributed by atoms with Gasteiger partial charge in [0.2, 0.25) is 17.6 Å². The van der Waals surface area contributed by atoms with Crippen LogP contribution in [-0.4, -0.2) is 119 Å². The number of carbonyl (C=O) groups is 3. The standard InChI is InChI=1S/3C20H29FN6O3S/c3*1-11(2)15-6-13(21)7-16(12(3)4)18(15)25-20(28)26-31(22,29)17-8-24-27-9-14(23-5)10-30-19(17)27/h3*6-8,11-12,14,23H,9-10H2,1-5H3,(H3,22,25,26,28,29)/t3*14-,31?/m000/s1. The zero-order valence-electron chi connectivity index (χ0n) is 54.9. The van der Waals surface area contributed by atoms with Gasteiger partial charge in [-0.3, -0.25) is 0 Å². The molecule has 6 atom stereocenters. The monoisotopic (exact) mass is 1360 g/mol. The number of anilines is 3. The second-order valence-corrected chi connectivity index (χ2v) is 29.8. The fraction of sp³-hybridized carbons (Fsp3) is 0.500. The Morgan fingerprint density at radius 3 is 0.817 bits per heavy atom. The fourth-order valence-corrected chi connectivity index (χ4v) is 13.5. The summed E-state index contributed by atoms with van der Waals surface area (Å²) in [4.78, 5) is 38.2. The SMILES string of the molecule is CN[C@@H]1COc2c(S(=N)(=O)NC(=O)Nc3c(C(C)C)cc(F)cc3C(C)C)cnn2C1.CN[C@@H]1COc2c(S(=N)(=O)NC(=O)Nc3c(C(C)C)cc(F)cc3C(C)C)cnn2C1.CN[C@@H]1COc2c(S(=N)(=O)NC(=O)Nc3c(C(C)C)cc(F)cc3C(C)C)cnn2C1. The number of benzene rings is 3. The summed E-state index contributed by atoms with van der Waals surface area (Å²) in [5.74, 6) is -0.859. The number of hydrogen-bond donors (Lipinski definition) is 12. The van der Waals surface area contributed by atoms with Gasteiger partial charge in [-0.1, -0.05) is 83.1 Å². The molecule has 12 N–H and O–H groups in total. The number of aromatic nitrogens is 6. The van der Waals surface area contributed by atoms with Crippen molar-refractivity contribution in [3.63, 3.8) is 0 Å². The minimum Gasteiger partial charge on any atom is -0.475 e. The van der Waals surface area contributed by atoms with E-state index in [-0.39, 0.29) is 103 Å². The van der Waals surface area contributed by atoms with E-state index in [4.69, 9.17) is 28.5 Å². The predicted molar refractivity (Wildman–Crippen MR) is 349 cm³/mol. The Hall–Kier alpha value is -7.98. The van der Waals surface area contributed by atoms with Gasteiger partial charge in [0, 0.05) is 17.1 Å². The van der Waals surface area contributed by atoms with Crippen molar-refractivity contribution < 1.29 is 54.4 Å². The lowest BCUT2D eigenvalue weighted by Gasteiger charge is -2.24. The van der Waals surface area contributed by atoms with Gasteiger partial charge in [-0.05, 0) is 126 Å². The van der Waals surface area contributed by atoms with E-state index in [9.17, 15) is 40.2 Å². The van der Waals surface area contributed by atoms with Crippen LogP contribution in [0.3, 0.4) is 0 Å². The molecule has 3 unspecified atom stereocenters. The number of likely N-dealkylation sites (N-methyl/N-ethyl adjacent to an activating group) is 3. The van der Waals surface area contributed by atoms with Gasteiger partial charge in [0.05, 0.1) is 56.4 Å². The second kappa shape index (κ2) is 30.0. The summed E-state index contributed by atoms with van der Waals surface area (Å²) in [5, 5.41) is 29.7. The summed E-state index contributed by atoms with van der Waals surface area (Å²) in [5.41, 5.74) is 5.14. The quantitative estimate of drug-likeness (QED) is 0.0381. The number of ether oxygens (including phenoxy) is 3. The largest absolute Gasteiger partial charge is 0.475 e. The van der Waals surface area contributed by atoms with E-state index in [1.807, 2.05) is 83.1 Å². The highest BCUT2D eigenvalue weighted by atomic mass is 32.2. The van der Waals surface area contributed by atoms with Gasteiger partial charge in [-0.25, -0.2) is 82.7 Å². The van der Waals surface area contributed by atoms with Crippen LogP contribution < -0.4 is 60.3 Å². The van der Waals surface area contributed by atoms with Crippen molar-refractivity contribution in [1.82, 2.24) is 59.5 Å². The molecule has 3 aliphatic heterocycles. The van der Waals surface area contributed by atoms with Crippen molar-refractivity contribution in [2.45, 2.75) is 171 Å². The van der Waals surface area contributed by atoms with Crippen molar-refractivity contribution in [1.29, 1.82) is 14.3 Å². The van der Waals surface area contributed by atoms with Crippen LogP contribution in [0.2, 0.25) is 0 Å². The highest BCUT2D eigenvalue weighted by Crippen LogP contribution is 2.38. The highest BCUT2D eigenvalue weighted by Gasteiger charge is 2.33. The maximum Gasteiger partial charge on any atom is 0.331 e. The van der Waals surface area contributed by atoms with Gasteiger partial charge < -0.3 is 46.1 Å². The Morgan fingerprint density at radius 1 is 0.430 bits per heavy atom. The van der Waals surface area contributed by atoms with Crippen LogP contribution in [0.15, 0.2) is 69.7 Å². The fourth-order valence-electron chi connectivity index (χ4n) is 10.4. The van der Waals surface area contributed by atoms with E-state index >= 15 is 0 Å². The first-order valence-electron chi connectivity index (χ1n) is 30.3. The Balaban J connectivity index is 0.000000198. The van der Waals surface area contributed by atoms with Gasteiger partial charge in [0.25, 0.3) is 0 Å². The van der Waals surface area contributed by atoms with Crippen LogP contribution in [0, 0.1) is 31.8 Å². The number of urea groups is 3. The molecule has 0 fully saturated rings. The Kier molecular flexibility index (Phi) is 23.3. The number of carbonyl (C=O) groups excluding carboxylic acids is 3. The molecule has 3 aromatic carbocycles. The van der Waals surface area contributed by atoms with Crippen LogP contribution >= 0.6 is 0 Å². The van der Waals surface area contributed by atoms with Crippen molar-refractivity contribution in [3.05, 3.63) is 106 Å². The number of fused-ring (bicyclic) bond motifs is 3. The van der Waals surface area contributed by atoms with Gasteiger partial charge in [-0.15, -0.1) is 0 Å². The maximum absolute atomic E-state index is 14.1. The first kappa shape index (κ1) is 72.4. The van der Waals surface area contributed by atoms with E-state index in [0.29, 0.717) is 89.9 Å². The molecule has 510 valence electrons. The average Bonchev–Trinajstić information content (AvgIpc) is 1.76. The highest BCUT2D eigenvalue weighted by molar-refractivity contribution is 7.91. The van der Waals surface area contributed by atoms with E-state index in [1.54, 1.807) is 21.1 Å². The molecular weight excluding hydrogens is 1270 g/mol. The van der Waals surface area contributed by atoms with E-state index in [1.165, 1.54) is 69.0 Å². The molecule has 9 rings (SSSR count). The lowest BCUT2D eigenvalue weighted by Crippen LogP contribution is -2.40. The number of nitrogens with one attached hydrogen (secondary N) is 12. The molecular formula is C60H87F3N18O9S3. The number of amides is 6. The summed E-state index contributed by atoms with van der Waals surface area (Å²) in [6.07, 6.45) is 3.83. The maximum atomic E-state index is 14.1. The number of halogens is 3. The van der Waals surface area contributed by atoms with Gasteiger partial charge in [-0.2, -0.15) is 15.3 Å². The first-order valence-corrected chi connectivity index (χ1v) is 35.0. The molecule has 0 bridgehead atoms. The van der Waals surface area contributed by atoms with Crippen LogP contribution in [0.4, 0.5) is 44.6 Å². The van der Waals surface area contributed by atoms with E-state index in [0.717, 1.165) is 0 Å². The zero-order chi connectivity index (χ0) is 68.8. The molecule has 6 amide bonds. The number of nitrogens with zero attached hydrogens (tertiary/aromatic N) is 6. The van der Waals surface area contributed by atoms with Crippen LogP contribution in [0.25, 0.3) is 0 Å². The number of hydrogen-bond acceptors (Lipinski definition) is 18. The molecule has 3 aromatic heterocycles. The minimum atomic E-state index is -3.74. The first-order chi connectivity index (χ1) is 43.6. The average molecular weight is 1360 g/mol. The number of rotatable bonds is 18. The predicted octanol–water partition coefficient (Wildman–Crippen LogP) is 10.2. The summed E-state index contributed by atoms with van der Waals surface area (Å²) >= 11 is 0. The summed E-state index contributed by atoms with van der Waals surface area (Å²) in [6.45, 7) is 25.2. The minimum absolute atomic E-state index is 0.00414. The van der Waals surface area contributed by atoms with E-state index in [2.05, 4.69) is 61.4 Å². The van der Waals surface area contributed by atoms with Crippen molar-refractivity contribution >= 4 is 64.9 Å². The summed E-state index contributed by atoms with van der Waals surface area (Å²) in [7, 11) is -5.82. The smallest absolute Gasteiger partial charge is 0.331 e. The molecule has 33 heteroatoms. The summed E-state index contributed by atoms with van der Waals surface area (Å²) < 4.78 is 134. The molecule has 0 saturated carbocycles. The van der Waals surface area contributed by atoms with Crippen LogP contribution in [-0.2, 0) is 49.4 Å². The molecule has 0 saturated heterocycles. The molecule has 6 aromatic rings. The molecule has 93 heavy (non-hydrogen) atoms. The summed E-state index contributed by atoms with van der Waals surface area (Å²) in [6, 6.07) is 5.94. The normalized spacial score (nSPS) is 17.7. The molecule has 27 nitrogen and oxygen atoms in total. The van der Waals surface area contributed by atoms with Crippen molar-refractivity contribution in [2.75, 3.05) is 56.9 Å². The molecule has 6 heterocycles. The molecule has 0 spiro atoms. The Bertz CT molecular complexity index is 3560. The van der Waals surface area contributed by atoms with Gasteiger partial charge in [0.1, 0.15) is 52.0 Å². The van der Waals surface area contributed by atoms with Gasteiger partial charge >= 0.3 is 18.1 Å². The topological polar surface area (TPSA) is 363 Å². The van der Waals surface area contributed by atoms with E-state index < -0.39 is 47.8 Å². The van der Waals surface area contributed by atoms with Crippen LogP contribution in [0.1, 0.15) is 152 Å². The zero-order valence-corrected chi connectivity index (χ0v) is 57.3. The third kappa shape index (κ3) is 17.2. The Morgan fingerprint density at radius 2 is 0.634 bits per heavy atom. The van der Waals surface area contributed by atoms with Crippen molar-refractivity contribution in [3.8, 4) is 17.6 Å². The van der Waals surface area contributed by atoms with Crippen molar-refractivity contribution in [2.24, 2.45) is 0 Å². The Labute approximate surface area is 541 Å². The second-order valence-electron chi connectivity index (χ2n) is 24.5. The third-order valence-electron chi connectivity index (χ3n) is 15.5. The molecule has 0 radical (unpaired) electrons. The molecule has 0 aliphatic carbocycles. The lowest BCUT2D eigenvalue weighted by molar-refractivity contribution is 0.184. The lowest BCUT2D eigenvalue weighted by atomic mass is 9.92. The van der Waals surface area contributed by atoms with Gasteiger partial charge in [0.15, 0.2) is 29.7 Å². The molecule has 3 aliphatic rings.